The molecule has 2 N–H and O–H groups in total. The van der Waals surface area contributed by atoms with Gasteiger partial charge in [0.15, 0.2) is 0 Å². The number of aliphatic carboxylic acids is 1. The number of halogens is 4. The minimum Gasteiger partial charge on any atom is -0.481 e. The molecular weight excluding hydrogens is 466 g/mol. The van der Waals surface area contributed by atoms with Gasteiger partial charge in [-0.3, -0.25) is 4.79 Å². The summed E-state index contributed by atoms with van der Waals surface area (Å²) in [7, 11) is 0. The van der Waals surface area contributed by atoms with Crippen molar-refractivity contribution in [3.63, 3.8) is 0 Å². The number of carbonyl (C=O) groups is 1. The molecule has 0 aliphatic carbocycles. The van der Waals surface area contributed by atoms with Gasteiger partial charge in [-0.1, -0.05) is 34.1 Å². The molecule has 3 aromatic rings. The van der Waals surface area contributed by atoms with Gasteiger partial charge in [-0.05, 0) is 48.6 Å². The van der Waals surface area contributed by atoms with Crippen LogP contribution in [0.5, 0.6) is 5.75 Å². The molecule has 6 nitrogen and oxygen atoms in total. The fourth-order valence-electron chi connectivity index (χ4n) is 3.98. The summed E-state index contributed by atoms with van der Waals surface area (Å²) >= 11 is 0. The molecule has 0 amide bonds. The second-order valence-electron chi connectivity index (χ2n) is 9.29. The minimum absolute atomic E-state index is 0.00703. The standard InChI is InChI=1S/C25H29F4N3O3/c1-5-17(14-24(3,4)6-2)32-21-13-19(26)15(12-22(33)34)11-20(21)31-23(32)30-16-7-9-18(10-8-16)35-25(27,28)29/h7-11,13,17H,5-6,12,14H2,1-4H3,(H,30,31)(H,33,34). The summed E-state index contributed by atoms with van der Waals surface area (Å²) in [4.78, 5) is 15.7. The van der Waals surface area contributed by atoms with Crippen LogP contribution in [0.2, 0.25) is 0 Å². The largest absolute Gasteiger partial charge is 0.573 e. The molecular formula is C25H29F4N3O3. The van der Waals surface area contributed by atoms with E-state index in [1.54, 1.807) is 0 Å². The van der Waals surface area contributed by atoms with Gasteiger partial charge in [-0.25, -0.2) is 9.37 Å². The second kappa shape index (κ2) is 10.1. The monoisotopic (exact) mass is 495 g/mol. The summed E-state index contributed by atoms with van der Waals surface area (Å²) in [6.07, 6.45) is -2.84. The fraction of sp³-hybridized carbons (Fsp3) is 0.440. The third-order valence-electron chi connectivity index (χ3n) is 6.13. The van der Waals surface area contributed by atoms with Crippen LogP contribution < -0.4 is 10.1 Å². The molecule has 0 fully saturated rings. The van der Waals surface area contributed by atoms with Crippen LogP contribution in [-0.4, -0.2) is 27.0 Å². The molecule has 0 saturated carbocycles. The zero-order chi connectivity index (χ0) is 26.0. The van der Waals surface area contributed by atoms with E-state index in [-0.39, 0.29) is 22.8 Å². The Morgan fingerprint density at radius 1 is 1.17 bits per heavy atom. The number of fused-ring (bicyclic) bond motifs is 1. The topological polar surface area (TPSA) is 76.4 Å². The number of nitrogens with zero attached hydrogens (tertiary/aromatic N) is 2. The lowest BCUT2D eigenvalue weighted by Gasteiger charge is -2.30. The molecule has 0 spiro atoms. The summed E-state index contributed by atoms with van der Waals surface area (Å²) in [6.45, 7) is 8.41. The molecule has 0 bridgehead atoms. The molecule has 0 aliphatic rings. The maximum atomic E-state index is 14.8. The smallest absolute Gasteiger partial charge is 0.481 e. The van der Waals surface area contributed by atoms with Crippen LogP contribution in [0.1, 0.15) is 58.6 Å². The van der Waals surface area contributed by atoms with Gasteiger partial charge in [0.05, 0.1) is 17.5 Å². The van der Waals surface area contributed by atoms with Gasteiger partial charge in [-0.15, -0.1) is 13.2 Å². The van der Waals surface area contributed by atoms with Crippen molar-refractivity contribution >= 4 is 28.6 Å². The number of carboxylic acid groups (broad SMARTS) is 1. The molecule has 2 aromatic carbocycles. The highest BCUT2D eigenvalue weighted by molar-refractivity contribution is 5.82. The van der Waals surface area contributed by atoms with Gasteiger partial charge < -0.3 is 19.7 Å². The van der Waals surface area contributed by atoms with Crippen LogP contribution in [0.15, 0.2) is 36.4 Å². The average Bonchev–Trinajstić information content (AvgIpc) is 3.08. The molecule has 0 saturated heterocycles. The zero-order valence-electron chi connectivity index (χ0n) is 20.0. The lowest BCUT2D eigenvalue weighted by Crippen LogP contribution is -2.20. The highest BCUT2D eigenvalue weighted by Crippen LogP contribution is 2.38. The van der Waals surface area contributed by atoms with Crippen LogP contribution in [0, 0.1) is 11.2 Å². The lowest BCUT2D eigenvalue weighted by molar-refractivity contribution is -0.274. The van der Waals surface area contributed by atoms with Crippen molar-refractivity contribution in [1.29, 1.82) is 0 Å². The summed E-state index contributed by atoms with van der Waals surface area (Å²) in [5.41, 5.74) is 1.42. The number of benzene rings is 2. The van der Waals surface area contributed by atoms with Gasteiger partial charge >= 0.3 is 12.3 Å². The third-order valence-corrected chi connectivity index (χ3v) is 6.13. The zero-order valence-corrected chi connectivity index (χ0v) is 20.0. The number of imidazole rings is 1. The van der Waals surface area contributed by atoms with Crippen molar-refractivity contribution in [2.24, 2.45) is 5.41 Å². The molecule has 10 heteroatoms. The van der Waals surface area contributed by atoms with Gasteiger partial charge in [0.2, 0.25) is 5.95 Å². The summed E-state index contributed by atoms with van der Waals surface area (Å²) in [5, 5.41) is 12.2. The van der Waals surface area contributed by atoms with Gasteiger partial charge in [0.25, 0.3) is 0 Å². The highest BCUT2D eigenvalue weighted by Gasteiger charge is 2.31. The quantitative estimate of drug-likeness (QED) is 0.290. The molecule has 3 rings (SSSR count). The third kappa shape index (κ3) is 6.64. The Balaban J connectivity index is 2.07. The van der Waals surface area contributed by atoms with Gasteiger partial charge in [0.1, 0.15) is 11.6 Å². The molecule has 1 unspecified atom stereocenters. The summed E-state index contributed by atoms with van der Waals surface area (Å²) in [6, 6.07) is 7.90. The number of anilines is 2. The number of nitrogens with one attached hydrogen (secondary N) is 1. The Kier molecular flexibility index (Phi) is 7.62. The first-order chi connectivity index (χ1) is 16.3. The van der Waals surface area contributed by atoms with Gasteiger partial charge in [0, 0.05) is 23.4 Å². The van der Waals surface area contributed by atoms with E-state index in [9.17, 15) is 22.4 Å². The Labute approximate surface area is 200 Å². The first-order valence-electron chi connectivity index (χ1n) is 11.4. The minimum atomic E-state index is -4.79. The predicted molar refractivity (Wildman–Crippen MR) is 125 cm³/mol. The van der Waals surface area contributed by atoms with Gasteiger partial charge in [-0.2, -0.15) is 0 Å². The van der Waals surface area contributed by atoms with E-state index >= 15 is 0 Å². The van der Waals surface area contributed by atoms with Crippen LogP contribution in [-0.2, 0) is 11.2 Å². The average molecular weight is 496 g/mol. The SMILES string of the molecule is CCC(CC(C)(C)CC)n1c(Nc2ccc(OC(F)(F)F)cc2)nc2cc(CC(=O)O)c(F)cc21. The van der Waals surface area contributed by atoms with Crippen LogP contribution in [0.3, 0.4) is 0 Å². The first kappa shape index (κ1) is 26.3. The number of rotatable bonds is 10. The van der Waals surface area contributed by atoms with E-state index in [2.05, 4.69) is 35.8 Å². The van der Waals surface area contributed by atoms with E-state index in [0.29, 0.717) is 22.7 Å². The van der Waals surface area contributed by atoms with E-state index in [1.165, 1.54) is 36.4 Å². The van der Waals surface area contributed by atoms with Crippen molar-refractivity contribution in [2.75, 3.05) is 5.32 Å². The van der Waals surface area contributed by atoms with E-state index in [0.717, 1.165) is 19.3 Å². The molecule has 0 radical (unpaired) electrons. The number of hydrogen-bond acceptors (Lipinski definition) is 4. The molecule has 0 aliphatic heterocycles. The Bertz CT molecular complexity index is 1190. The number of carboxylic acids is 1. The van der Waals surface area contributed by atoms with Crippen LogP contribution >= 0.6 is 0 Å². The number of aromatic nitrogens is 2. The lowest BCUT2D eigenvalue weighted by atomic mass is 9.82. The van der Waals surface area contributed by atoms with E-state index in [1.807, 2.05) is 11.5 Å². The summed E-state index contributed by atoms with van der Waals surface area (Å²) in [5.74, 6) is -1.76. The Hall–Kier alpha value is -3.30. The molecule has 1 aromatic heterocycles. The normalized spacial score (nSPS) is 13.1. The van der Waals surface area contributed by atoms with Crippen molar-refractivity contribution in [1.82, 2.24) is 9.55 Å². The molecule has 1 heterocycles. The van der Waals surface area contributed by atoms with Crippen molar-refractivity contribution in [3.8, 4) is 5.75 Å². The number of hydrogen-bond donors (Lipinski definition) is 2. The second-order valence-corrected chi connectivity index (χ2v) is 9.29. The Morgan fingerprint density at radius 3 is 2.37 bits per heavy atom. The summed E-state index contributed by atoms with van der Waals surface area (Å²) < 4.78 is 58.1. The highest BCUT2D eigenvalue weighted by atomic mass is 19.4. The molecule has 1 atom stereocenters. The maximum Gasteiger partial charge on any atom is 0.573 e. The predicted octanol–water partition coefficient (Wildman–Crippen LogP) is 7.22. The number of alkyl halides is 3. The van der Waals surface area contributed by atoms with Crippen molar-refractivity contribution in [2.45, 2.75) is 65.8 Å². The van der Waals surface area contributed by atoms with Crippen molar-refractivity contribution < 1.29 is 32.2 Å². The maximum absolute atomic E-state index is 14.8. The molecule has 190 valence electrons. The van der Waals surface area contributed by atoms with Crippen LogP contribution in [0.4, 0.5) is 29.2 Å². The first-order valence-corrected chi connectivity index (χ1v) is 11.4. The number of ether oxygens (including phenoxy) is 1. The van der Waals surface area contributed by atoms with Crippen molar-refractivity contribution in [3.05, 3.63) is 47.8 Å². The Morgan fingerprint density at radius 2 is 1.83 bits per heavy atom. The molecule has 35 heavy (non-hydrogen) atoms. The van der Waals surface area contributed by atoms with E-state index < -0.39 is 24.6 Å². The fourth-order valence-corrected chi connectivity index (χ4v) is 3.98. The van der Waals surface area contributed by atoms with Crippen LogP contribution in [0.25, 0.3) is 11.0 Å². The van der Waals surface area contributed by atoms with E-state index in [4.69, 9.17) is 5.11 Å².